The van der Waals surface area contributed by atoms with E-state index in [1.165, 1.54) is 5.56 Å². The number of rotatable bonds is 6. The Balaban J connectivity index is 1.89. The molecule has 3 nitrogen and oxygen atoms in total. The normalized spacial score (nSPS) is 11.8. The van der Waals surface area contributed by atoms with Crippen molar-refractivity contribution in [1.82, 2.24) is 0 Å². The van der Waals surface area contributed by atoms with Gasteiger partial charge in [-0.1, -0.05) is 41.9 Å². The van der Waals surface area contributed by atoms with E-state index in [0.717, 1.165) is 5.75 Å². The Hall–Kier alpha value is -1.65. The van der Waals surface area contributed by atoms with Gasteiger partial charge in [0.2, 0.25) is 5.91 Å². The van der Waals surface area contributed by atoms with Gasteiger partial charge in [0.1, 0.15) is 5.75 Å². The van der Waals surface area contributed by atoms with E-state index in [4.69, 9.17) is 16.3 Å². The summed E-state index contributed by atoms with van der Waals surface area (Å²) in [7, 11) is 1.56. The van der Waals surface area contributed by atoms with E-state index in [9.17, 15) is 4.79 Å². The lowest BCUT2D eigenvalue weighted by Gasteiger charge is -2.13. The van der Waals surface area contributed by atoms with Crippen molar-refractivity contribution in [2.75, 3.05) is 12.4 Å². The van der Waals surface area contributed by atoms with Gasteiger partial charge in [0.05, 0.1) is 17.4 Å². The second kappa shape index (κ2) is 8.11. The second-order valence-corrected chi connectivity index (χ2v) is 6.51. The summed E-state index contributed by atoms with van der Waals surface area (Å²) in [6.45, 7) is 1.90. The fourth-order valence-corrected chi connectivity index (χ4v) is 2.96. The van der Waals surface area contributed by atoms with Crippen LogP contribution in [0.4, 0.5) is 5.69 Å². The molecule has 0 fully saturated rings. The van der Waals surface area contributed by atoms with Crippen molar-refractivity contribution in [3.63, 3.8) is 0 Å². The van der Waals surface area contributed by atoms with Crippen molar-refractivity contribution >= 4 is 35.0 Å². The van der Waals surface area contributed by atoms with E-state index in [1.54, 1.807) is 37.1 Å². The summed E-state index contributed by atoms with van der Waals surface area (Å²) in [6.07, 6.45) is 0. The maximum absolute atomic E-state index is 12.2. The van der Waals surface area contributed by atoms with Crippen LogP contribution in [0, 0.1) is 0 Å². The molecule has 0 saturated carbocycles. The number of thioether (sulfide) groups is 1. The molecule has 0 aliphatic carbocycles. The zero-order valence-electron chi connectivity index (χ0n) is 12.5. The number of methoxy groups -OCH3 is 1. The smallest absolute Gasteiger partial charge is 0.237 e. The maximum Gasteiger partial charge on any atom is 0.237 e. The Morgan fingerprint density at radius 1 is 1.27 bits per heavy atom. The van der Waals surface area contributed by atoms with Crippen LogP contribution < -0.4 is 10.1 Å². The number of carbonyl (C=O) groups is 1. The van der Waals surface area contributed by atoms with Crippen LogP contribution in [0.25, 0.3) is 0 Å². The Bertz CT molecular complexity index is 634. The van der Waals surface area contributed by atoms with Gasteiger partial charge in [-0.2, -0.15) is 0 Å². The van der Waals surface area contributed by atoms with E-state index < -0.39 is 0 Å². The number of hydrogen-bond acceptors (Lipinski definition) is 3. The lowest BCUT2D eigenvalue weighted by molar-refractivity contribution is -0.115. The molecule has 0 spiro atoms. The highest BCUT2D eigenvalue weighted by atomic mass is 35.5. The van der Waals surface area contributed by atoms with Crippen LogP contribution in [0.5, 0.6) is 5.75 Å². The first kappa shape index (κ1) is 16.7. The molecular formula is C17H18ClNO2S. The SMILES string of the molecule is COc1ccc(NC(=O)[C@@H](C)SCc2ccccc2)cc1Cl. The highest BCUT2D eigenvalue weighted by Gasteiger charge is 2.14. The van der Waals surface area contributed by atoms with E-state index in [-0.39, 0.29) is 11.2 Å². The second-order valence-electron chi connectivity index (χ2n) is 4.78. The molecule has 2 rings (SSSR count). The van der Waals surface area contributed by atoms with Crippen LogP contribution in [0.15, 0.2) is 48.5 Å². The number of ether oxygens (including phenoxy) is 1. The predicted octanol–water partition coefficient (Wildman–Crippen LogP) is 4.61. The molecule has 0 radical (unpaired) electrons. The quantitative estimate of drug-likeness (QED) is 0.837. The number of halogens is 1. The van der Waals surface area contributed by atoms with Crippen LogP contribution in [0.2, 0.25) is 5.02 Å². The minimum absolute atomic E-state index is 0.0397. The molecule has 1 N–H and O–H groups in total. The van der Waals surface area contributed by atoms with Gasteiger partial charge in [0, 0.05) is 11.4 Å². The highest BCUT2D eigenvalue weighted by Crippen LogP contribution is 2.27. The largest absolute Gasteiger partial charge is 0.495 e. The first-order valence-corrected chi connectivity index (χ1v) is 8.32. The predicted molar refractivity (Wildman–Crippen MR) is 93.8 cm³/mol. The summed E-state index contributed by atoms with van der Waals surface area (Å²) >= 11 is 7.65. The van der Waals surface area contributed by atoms with Crippen molar-refractivity contribution in [2.45, 2.75) is 17.9 Å². The molecule has 5 heteroatoms. The number of anilines is 1. The minimum Gasteiger partial charge on any atom is -0.495 e. The average Bonchev–Trinajstić information content (AvgIpc) is 2.53. The fraction of sp³-hybridized carbons (Fsp3) is 0.235. The van der Waals surface area contributed by atoms with Gasteiger partial charge in [-0.05, 0) is 30.7 Å². The van der Waals surface area contributed by atoms with E-state index >= 15 is 0 Å². The lowest BCUT2D eigenvalue weighted by atomic mass is 10.2. The zero-order chi connectivity index (χ0) is 15.9. The Labute approximate surface area is 140 Å². The molecule has 22 heavy (non-hydrogen) atoms. The molecule has 0 aliphatic heterocycles. The van der Waals surface area contributed by atoms with Gasteiger partial charge in [0.15, 0.2) is 0 Å². The monoisotopic (exact) mass is 335 g/mol. The number of nitrogens with one attached hydrogen (secondary N) is 1. The highest BCUT2D eigenvalue weighted by molar-refractivity contribution is 7.99. The molecule has 0 aromatic heterocycles. The zero-order valence-corrected chi connectivity index (χ0v) is 14.1. The molecule has 0 aliphatic rings. The Morgan fingerprint density at radius 2 is 2.00 bits per heavy atom. The number of benzene rings is 2. The summed E-state index contributed by atoms with van der Waals surface area (Å²) in [5.41, 5.74) is 1.88. The third-order valence-electron chi connectivity index (χ3n) is 3.13. The van der Waals surface area contributed by atoms with E-state index in [0.29, 0.717) is 16.5 Å². The first-order valence-electron chi connectivity index (χ1n) is 6.90. The lowest BCUT2D eigenvalue weighted by Crippen LogP contribution is -2.22. The number of hydrogen-bond donors (Lipinski definition) is 1. The van der Waals surface area contributed by atoms with Crippen LogP contribution >= 0.6 is 23.4 Å². The van der Waals surface area contributed by atoms with Crippen LogP contribution in [0.3, 0.4) is 0 Å². The van der Waals surface area contributed by atoms with Gasteiger partial charge in [-0.15, -0.1) is 11.8 Å². The molecule has 0 bridgehead atoms. The molecule has 0 unspecified atom stereocenters. The topological polar surface area (TPSA) is 38.3 Å². The Kier molecular flexibility index (Phi) is 6.16. The van der Waals surface area contributed by atoms with Crippen molar-refractivity contribution in [3.05, 3.63) is 59.1 Å². The fourth-order valence-electron chi connectivity index (χ4n) is 1.86. The molecular weight excluding hydrogens is 318 g/mol. The van der Waals surface area contributed by atoms with Crippen LogP contribution in [-0.2, 0) is 10.5 Å². The molecule has 116 valence electrons. The van der Waals surface area contributed by atoms with Crippen molar-refractivity contribution < 1.29 is 9.53 Å². The number of carbonyl (C=O) groups excluding carboxylic acids is 1. The van der Waals surface area contributed by atoms with Gasteiger partial charge < -0.3 is 10.1 Å². The van der Waals surface area contributed by atoms with Gasteiger partial charge in [-0.3, -0.25) is 4.79 Å². The molecule has 0 saturated heterocycles. The maximum atomic E-state index is 12.2. The molecule has 2 aromatic rings. The summed E-state index contributed by atoms with van der Waals surface area (Å²) in [6, 6.07) is 15.3. The molecule has 1 atom stereocenters. The van der Waals surface area contributed by atoms with E-state index in [1.807, 2.05) is 25.1 Å². The van der Waals surface area contributed by atoms with Crippen molar-refractivity contribution in [3.8, 4) is 5.75 Å². The average molecular weight is 336 g/mol. The molecule has 0 heterocycles. The first-order chi connectivity index (χ1) is 10.6. The summed E-state index contributed by atoms with van der Waals surface area (Å²) < 4.78 is 5.09. The third-order valence-corrected chi connectivity index (χ3v) is 4.64. The van der Waals surface area contributed by atoms with Crippen LogP contribution in [0.1, 0.15) is 12.5 Å². The Morgan fingerprint density at radius 3 is 2.64 bits per heavy atom. The van der Waals surface area contributed by atoms with Gasteiger partial charge in [0.25, 0.3) is 0 Å². The van der Waals surface area contributed by atoms with Crippen LogP contribution in [-0.4, -0.2) is 18.3 Å². The van der Waals surface area contributed by atoms with E-state index in [2.05, 4.69) is 17.4 Å². The van der Waals surface area contributed by atoms with Gasteiger partial charge >= 0.3 is 0 Å². The molecule has 1 amide bonds. The summed E-state index contributed by atoms with van der Waals surface area (Å²) in [5.74, 6) is 1.35. The standard InChI is InChI=1S/C17H18ClNO2S/c1-12(22-11-13-6-4-3-5-7-13)17(20)19-14-8-9-16(21-2)15(18)10-14/h3-10,12H,11H2,1-2H3,(H,19,20)/t12-/m1/s1. The van der Waals surface area contributed by atoms with Gasteiger partial charge in [-0.25, -0.2) is 0 Å². The van der Waals surface area contributed by atoms with Crippen molar-refractivity contribution in [1.29, 1.82) is 0 Å². The summed E-state index contributed by atoms with van der Waals surface area (Å²) in [4.78, 5) is 12.2. The third kappa shape index (κ3) is 4.68. The van der Waals surface area contributed by atoms with Crippen molar-refractivity contribution in [2.24, 2.45) is 0 Å². The summed E-state index contributed by atoms with van der Waals surface area (Å²) in [5, 5.41) is 3.20. The minimum atomic E-state index is -0.152. The molecule has 2 aromatic carbocycles. The number of amides is 1.